The SMILES string of the molecule is CNC(=O)C1=C(c2ccc(CO)c(F)c2)CCCO1. The fourth-order valence-corrected chi connectivity index (χ4v) is 2.08. The molecule has 0 spiro atoms. The van der Waals surface area contributed by atoms with Gasteiger partial charge < -0.3 is 15.2 Å². The number of allylic oxidation sites excluding steroid dienone is 1. The van der Waals surface area contributed by atoms with Gasteiger partial charge in [0.15, 0.2) is 5.76 Å². The molecule has 4 nitrogen and oxygen atoms in total. The van der Waals surface area contributed by atoms with Gasteiger partial charge in [-0.3, -0.25) is 4.79 Å². The van der Waals surface area contributed by atoms with Crippen molar-refractivity contribution in [3.8, 4) is 0 Å². The number of aliphatic hydroxyl groups is 1. The molecule has 19 heavy (non-hydrogen) atoms. The second kappa shape index (κ2) is 5.84. The molecule has 5 heteroatoms. The van der Waals surface area contributed by atoms with E-state index < -0.39 is 5.82 Å². The van der Waals surface area contributed by atoms with Crippen molar-refractivity contribution in [1.82, 2.24) is 5.32 Å². The third kappa shape index (κ3) is 2.76. The number of amides is 1. The van der Waals surface area contributed by atoms with Crippen LogP contribution in [-0.2, 0) is 16.1 Å². The summed E-state index contributed by atoms with van der Waals surface area (Å²) in [5, 5.41) is 11.5. The number of hydrogen-bond donors (Lipinski definition) is 2. The number of nitrogens with one attached hydrogen (secondary N) is 1. The first kappa shape index (κ1) is 13.5. The van der Waals surface area contributed by atoms with Crippen LogP contribution in [0.5, 0.6) is 0 Å². The van der Waals surface area contributed by atoms with E-state index in [2.05, 4.69) is 5.32 Å². The van der Waals surface area contributed by atoms with Gasteiger partial charge in [0, 0.05) is 18.2 Å². The van der Waals surface area contributed by atoms with Crippen molar-refractivity contribution in [2.45, 2.75) is 19.4 Å². The largest absolute Gasteiger partial charge is 0.488 e. The van der Waals surface area contributed by atoms with Gasteiger partial charge in [-0.1, -0.05) is 12.1 Å². The van der Waals surface area contributed by atoms with Gasteiger partial charge in [-0.05, 0) is 24.5 Å². The van der Waals surface area contributed by atoms with E-state index in [1.807, 2.05) is 0 Å². The molecule has 0 atom stereocenters. The summed E-state index contributed by atoms with van der Waals surface area (Å²) in [6, 6.07) is 4.55. The number of ether oxygens (including phenoxy) is 1. The van der Waals surface area contributed by atoms with E-state index in [1.54, 1.807) is 6.07 Å². The highest BCUT2D eigenvalue weighted by molar-refractivity contribution is 5.99. The lowest BCUT2D eigenvalue weighted by molar-refractivity contribution is -0.120. The van der Waals surface area contributed by atoms with Gasteiger partial charge in [-0.15, -0.1) is 0 Å². The summed E-state index contributed by atoms with van der Waals surface area (Å²) in [6.07, 6.45) is 1.46. The van der Waals surface area contributed by atoms with Crippen LogP contribution >= 0.6 is 0 Å². The zero-order valence-corrected chi connectivity index (χ0v) is 10.7. The van der Waals surface area contributed by atoms with Crippen LogP contribution in [0.1, 0.15) is 24.0 Å². The van der Waals surface area contributed by atoms with Crippen LogP contribution in [0, 0.1) is 5.82 Å². The third-order valence-corrected chi connectivity index (χ3v) is 3.10. The Balaban J connectivity index is 2.44. The Labute approximate surface area is 110 Å². The average molecular weight is 265 g/mol. The Kier molecular flexibility index (Phi) is 4.16. The van der Waals surface area contributed by atoms with E-state index in [0.717, 1.165) is 6.42 Å². The Bertz CT molecular complexity index is 525. The lowest BCUT2D eigenvalue weighted by Crippen LogP contribution is -2.25. The fourth-order valence-electron chi connectivity index (χ4n) is 2.08. The van der Waals surface area contributed by atoms with Crippen LogP contribution in [-0.4, -0.2) is 24.7 Å². The summed E-state index contributed by atoms with van der Waals surface area (Å²) >= 11 is 0. The standard InChI is InChI=1S/C14H16FNO3/c1-16-14(18)13-11(3-2-6-19-13)9-4-5-10(8-17)12(15)7-9/h4-5,7,17H,2-3,6,8H2,1H3,(H,16,18). The summed E-state index contributed by atoms with van der Waals surface area (Å²) in [5.41, 5.74) is 1.56. The molecule has 1 aliphatic heterocycles. The van der Waals surface area contributed by atoms with Crippen LogP contribution in [0.15, 0.2) is 24.0 Å². The molecule has 0 saturated carbocycles. The molecule has 0 radical (unpaired) electrons. The fraction of sp³-hybridized carbons (Fsp3) is 0.357. The number of aliphatic hydroxyl groups excluding tert-OH is 1. The lowest BCUT2D eigenvalue weighted by atomic mass is 9.96. The van der Waals surface area contributed by atoms with Crippen LogP contribution in [0.4, 0.5) is 4.39 Å². The number of hydrogen-bond acceptors (Lipinski definition) is 3. The van der Waals surface area contributed by atoms with E-state index in [9.17, 15) is 9.18 Å². The quantitative estimate of drug-likeness (QED) is 0.872. The molecule has 0 aromatic heterocycles. The van der Waals surface area contributed by atoms with Gasteiger partial charge in [-0.2, -0.15) is 0 Å². The highest BCUT2D eigenvalue weighted by Crippen LogP contribution is 2.29. The molecule has 0 aliphatic carbocycles. The second-order valence-electron chi connectivity index (χ2n) is 4.30. The van der Waals surface area contributed by atoms with Gasteiger partial charge >= 0.3 is 0 Å². The molecule has 1 amide bonds. The monoisotopic (exact) mass is 265 g/mol. The second-order valence-corrected chi connectivity index (χ2v) is 4.30. The predicted molar refractivity (Wildman–Crippen MR) is 68.5 cm³/mol. The van der Waals surface area contributed by atoms with Crippen LogP contribution in [0.3, 0.4) is 0 Å². The van der Waals surface area contributed by atoms with E-state index in [0.29, 0.717) is 24.2 Å². The van der Waals surface area contributed by atoms with Crippen molar-refractivity contribution in [2.24, 2.45) is 0 Å². The summed E-state index contributed by atoms with van der Waals surface area (Å²) in [4.78, 5) is 11.7. The molecule has 2 rings (SSSR count). The molecular weight excluding hydrogens is 249 g/mol. The third-order valence-electron chi connectivity index (χ3n) is 3.10. The molecule has 0 bridgehead atoms. The minimum Gasteiger partial charge on any atom is -0.488 e. The van der Waals surface area contributed by atoms with Gasteiger partial charge in [0.1, 0.15) is 5.82 Å². The molecule has 2 N–H and O–H groups in total. The van der Waals surface area contributed by atoms with Crippen LogP contribution in [0.25, 0.3) is 5.57 Å². The zero-order valence-electron chi connectivity index (χ0n) is 10.7. The molecule has 1 aromatic carbocycles. The molecule has 0 unspecified atom stereocenters. The summed E-state index contributed by atoms with van der Waals surface area (Å²) < 4.78 is 19.1. The molecule has 0 saturated heterocycles. The maximum Gasteiger partial charge on any atom is 0.286 e. The van der Waals surface area contributed by atoms with Gasteiger partial charge in [0.25, 0.3) is 5.91 Å². The molecule has 0 fully saturated rings. The first-order chi connectivity index (χ1) is 9.17. The highest BCUT2D eigenvalue weighted by atomic mass is 19.1. The topological polar surface area (TPSA) is 58.6 Å². The summed E-state index contributed by atoms with van der Waals surface area (Å²) in [7, 11) is 1.53. The number of carbonyl (C=O) groups excluding carboxylic acids is 1. The first-order valence-electron chi connectivity index (χ1n) is 6.15. The van der Waals surface area contributed by atoms with Crippen LogP contribution in [0.2, 0.25) is 0 Å². The average Bonchev–Trinajstić information content (AvgIpc) is 2.46. The van der Waals surface area contributed by atoms with Crippen molar-refractivity contribution >= 4 is 11.5 Å². The number of rotatable bonds is 3. The molecule has 102 valence electrons. The summed E-state index contributed by atoms with van der Waals surface area (Å²) in [6.45, 7) is 0.146. The van der Waals surface area contributed by atoms with Crippen molar-refractivity contribution in [1.29, 1.82) is 0 Å². The molecule has 1 heterocycles. The van der Waals surface area contributed by atoms with Crippen molar-refractivity contribution in [3.05, 3.63) is 40.9 Å². The number of carbonyl (C=O) groups is 1. The van der Waals surface area contributed by atoms with Gasteiger partial charge in [0.05, 0.1) is 13.2 Å². The van der Waals surface area contributed by atoms with E-state index in [1.165, 1.54) is 19.2 Å². The Morgan fingerprint density at radius 3 is 2.95 bits per heavy atom. The first-order valence-corrected chi connectivity index (χ1v) is 6.15. The normalized spacial score (nSPS) is 15.1. The molecular formula is C14H16FNO3. The van der Waals surface area contributed by atoms with Crippen molar-refractivity contribution in [3.63, 3.8) is 0 Å². The van der Waals surface area contributed by atoms with Gasteiger partial charge in [-0.25, -0.2) is 4.39 Å². The minimum atomic E-state index is -0.477. The van der Waals surface area contributed by atoms with E-state index >= 15 is 0 Å². The Morgan fingerprint density at radius 2 is 2.32 bits per heavy atom. The number of likely N-dealkylation sites (N-methyl/N-ethyl adjacent to an activating group) is 1. The summed E-state index contributed by atoms with van der Waals surface area (Å²) in [5.74, 6) is -0.527. The number of benzene rings is 1. The Hall–Kier alpha value is -1.88. The van der Waals surface area contributed by atoms with Crippen molar-refractivity contribution < 1.29 is 19.0 Å². The molecule has 1 aromatic rings. The van der Waals surface area contributed by atoms with Crippen molar-refractivity contribution in [2.75, 3.05) is 13.7 Å². The zero-order chi connectivity index (χ0) is 13.8. The smallest absolute Gasteiger partial charge is 0.286 e. The van der Waals surface area contributed by atoms with E-state index in [4.69, 9.17) is 9.84 Å². The number of halogens is 1. The lowest BCUT2D eigenvalue weighted by Gasteiger charge is -2.20. The van der Waals surface area contributed by atoms with Gasteiger partial charge in [0.2, 0.25) is 0 Å². The predicted octanol–water partition coefficient (Wildman–Crippen LogP) is 1.59. The van der Waals surface area contributed by atoms with E-state index in [-0.39, 0.29) is 23.8 Å². The highest BCUT2D eigenvalue weighted by Gasteiger charge is 2.21. The van der Waals surface area contributed by atoms with Crippen LogP contribution < -0.4 is 5.32 Å². The molecule has 1 aliphatic rings. The minimum absolute atomic E-state index is 0.238. The maximum atomic E-state index is 13.7. The maximum absolute atomic E-state index is 13.7. The Morgan fingerprint density at radius 1 is 1.53 bits per heavy atom.